The van der Waals surface area contributed by atoms with Gasteiger partial charge in [0.05, 0.1) is 17.6 Å². The molecule has 0 saturated heterocycles. The number of nitrogens with zero attached hydrogens (tertiary/aromatic N) is 1. The largest absolute Gasteiger partial charge is 0.349 e. The molecular weight excluding hydrogens is 190 g/mol. The van der Waals surface area contributed by atoms with Gasteiger partial charge in [-0.3, -0.25) is 4.79 Å². The summed E-state index contributed by atoms with van der Waals surface area (Å²) in [5.41, 5.74) is 3.13. The van der Waals surface area contributed by atoms with Crippen molar-refractivity contribution in [2.75, 3.05) is 0 Å². The van der Waals surface area contributed by atoms with Crippen LogP contribution in [0.15, 0.2) is 18.2 Å². The van der Waals surface area contributed by atoms with E-state index in [0.29, 0.717) is 6.54 Å². The van der Waals surface area contributed by atoms with Crippen LogP contribution < -0.4 is 5.32 Å². The lowest BCUT2D eigenvalue weighted by molar-refractivity contribution is -0.119. The second-order valence-corrected chi connectivity index (χ2v) is 3.61. The molecule has 0 unspecified atom stereocenters. The number of nitrogens with one attached hydrogen (secondary N) is 2. The highest BCUT2D eigenvalue weighted by Crippen LogP contribution is 2.12. The highest BCUT2D eigenvalue weighted by molar-refractivity contribution is 5.76. The SMILES string of the molecule is CC(=O)NCc1nc2ccc(C)cc2[nH]1. The summed E-state index contributed by atoms with van der Waals surface area (Å²) in [6.07, 6.45) is 0. The predicted molar refractivity (Wildman–Crippen MR) is 58.4 cm³/mol. The average Bonchev–Trinajstić information content (AvgIpc) is 2.56. The van der Waals surface area contributed by atoms with Gasteiger partial charge in [-0.25, -0.2) is 4.98 Å². The molecular formula is C11H13N3O. The molecule has 0 saturated carbocycles. The smallest absolute Gasteiger partial charge is 0.217 e. The van der Waals surface area contributed by atoms with Crippen molar-refractivity contribution in [3.05, 3.63) is 29.6 Å². The number of amides is 1. The lowest BCUT2D eigenvalue weighted by Crippen LogP contribution is -2.19. The predicted octanol–water partition coefficient (Wildman–Crippen LogP) is 1.51. The zero-order valence-electron chi connectivity index (χ0n) is 8.79. The van der Waals surface area contributed by atoms with E-state index in [1.54, 1.807) is 0 Å². The Hall–Kier alpha value is -1.84. The highest BCUT2D eigenvalue weighted by Gasteiger charge is 2.02. The summed E-state index contributed by atoms with van der Waals surface area (Å²) in [4.78, 5) is 18.3. The van der Waals surface area contributed by atoms with Crippen LogP contribution in [0.3, 0.4) is 0 Å². The molecule has 0 bridgehead atoms. The van der Waals surface area contributed by atoms with Gasteiger partial charge >= 0.3 is 0 Å². The van der Waals surface area contributed by atoms with E-state index in [2.05, 4.69) is 15.3 Å². The summed E-state index contributed by atoms with van der Waals surface area (Å²) in [6.45, 7) is 3.98. The van der Waals surface area contributed by atoms with Crippen molar-refractivity contribution in [2.45, 2.75) is 20.4 Å². The Bertz CT molecular complexity index is 502. The number of imidazole rings is 1. The quantitative estimate of drug-likeness (QED) is 0.777. The zero-order valence-corrected chi connectivity index (χ0v) is 8.79. The van der Waals surface area contributed by atoms with Crippen LogP contribution in [0, 0.1) is 6.92 Å². The van der Waals surface area contributed by atoms with Gasteiger partial charge in [0, 0.05) is 6.92 Å². The van der Waals surface area contributed by atoms with E-state index in [1.807, 2.05) is 25.1 Å². The van der Waals surface area contributed by atoms with Gasteiger partial charge in [0.25, 0.3) is 0 Å². The van der Waals surface area contributed by atoms with Gasteiger partial charge in [-0.05, 0) is 24.6 Å². The summed E-state index contributed by atoms with van der Waals surface area (Å²) >= 11 is 0. The number of aromatic nitrogens is 2. The number of hydrogen-bond acceptors (Lipinski definition) is 2. The molecule has 1 aromatic heterocycles. The van der Waals surface area contributed by atoms with Crippen molar-refractivity contribution in [1.29, 1.82) is 0 Å². The molecule has 0 aliphatic carbocycles. The van der Waals surface area contributed by atoms with Gasteiger partial charge in [-0.1, -0.05) is 6.07 Å². The number of carbonyl (C=O) groups excluding carboxylic acids is 1. The van der Waals surface area contributed by atoms with Crippen molar-refractivity contribution in [2.24, 2.45) is 0 Å². The van der Waals surface area contributed by atoms with E-state index in [1.165, 1.54) is 12.5 Å². The van der Waals surface area contributed by atoms with Crippen molar-refractivity contribution in [1.82, 2.24) is 15.3 Å². The number of carbonyl (C=O) groups is 1. The third kappa shape index (κ3) is 2.15. The van der Waals surface area contributed by atoms with E-state index < -0.39 is 0 Å². The van der Waals surface area contributed by atoms with Gasteiger partial charge in [-0.2, -0.15) is 0 Å². The molecule has 1 aromatic carbocycles. The molecule has 0 atom stereocenters. The van der Waals surface area contributed by atoms with Gasteiger partial charge < -0.3 is 10.3 Å². The minimum absolute atomic E-state index is 0.0494. The van der Waals surface area contributed by atoms with Crippen LogP contribution in [0.1, 0.15) is 18.3 Å². The van der Waals surface area contributed by atoms with E-state index in [4.69, 9.17) is 0 Å². The average molecular weight is 203 g/mol. The Balaban J connectivity index is 2.27. The molecule has 1 amide bonds. The highest BCUT2D eigenvalue weighted by atomic mass is 16.1. The number of hydrogen-bond donors (Lipinski definition) is 2. The summed E-state index contributed by atoms with van der Waals surface area (Å²) in [5.74, 6) is 0.734. The van der Waals surface area contributed by atoms with Gasteiger partial charge in [-0.15, -0.1) is 0 Å². The molecule has 0 fully saturated rings. The standard InChI is InChI=1S/C11H13N3O/c1-7-3-4-9-10(5-7)14-11(13-9)6-12-8(2)15/h3-5H,6H2,1-2H3,(H,12,15)(H,13,14). The number of aromatic amines is 1. The maximum Gasteiger partial charge on any atom is 0.217 e. The Morgan fingerprint density at radius 2 is 2.33 bits per heavy atom. The zero-order chi connectivity index (χ0) is 10.8. The lowest BCUT2D eigenvalue weighted by atomic mass is 10.2. The molecule has 2 rings (SSSR count). The molecule has 78 valence electrons. The van der Waals surface area contributed by atoms with Crippen LogP contribution >= 0.6 is 0 Å². The van der Waals surface area contributed by atoms with E-state index in [9.17, 15) is 4.79 Å². The van der Waals surface area contributed by atoms with Crippen LogP contribution in [0.4, 0.5) is 0 Å². The van der Waals surface area contributed by atoms with E-state index >= 15 is 0 Å². The molecule has 4 nitrogen and oxygen atoms in total. The third-order valence-electron chi connectivity index (χ3n) is 2.19. The summed E-state index contributed by atoms with van der Waals surface area (Å²) in [5, 5.41) is 2.70. The molecule has 15 heavy (non-hydrogen) atoms. The monoisotopic (exact) mass is 203 g/mol. The topological polar surface area (TPSA) is 57.8 Å². The fourth-order valence-electron chi connectivity index (χ4n) is 1.47. The van der Waals surface area contributed by atoms with Gasteiger partial charge in [0.2, 0.25) is 5.91 Å². The van der Waals surface area contributed by atoms with Crippen molar-refractivity contribution in [3.8, 4) is 0 Å². The number of rotatable bonds is 2. The Morgan fingerprint density at radius 1 is 1.53 bits per heavy atom. The first-order valence-corrected chi connectivity index (χ1v) is 4.85. The number of aryl methyl sites for hydroxylation is 1. The minimum Gasteiger partial charge on any atom is -0.349 e. The maximum atomic E-state index is 10.7. The van der Waals surface area contributed by atoms with Crippen molar-refractivity contribution < 1.29 is 4.79 Å². The molecule has 4 heteroatoms. The summed E-state index contributed by atoms with van der Waals surface area (Å²) < 4.78 is 0. The lowest BCUT2D eigenvalue weighted by Gasteiger charge is -1.96. The normalized spacial score (nSPS) is 10.5. The van der Waals surface area contributed by atoms with Crippen molar-refractivity contribution >= 4 is 16.9 Å². The molecule has 0 spiro atoms. The van der Waals surface area contributed by atoms with Crippen LogP contribution in [-0.2, 0) is 11.3 Å². The van der Waals surface area contributed by atoms with Gasteiger partial charge in [0.15, 0.2) is 0 Å². The maximum absolute atomic E-state index is 10.7. The fourth-order valence-corrected chi connectivity index (χ4v) is 1.47. The van der Waals surface area contributed by atoms with Crippen LogP contribution in [0.25, 0.3) is 11.0 Å². The van der Waals surface area contributed by atoms with Gasteiger partial charge in [0.1, 0.15) is 5.82 Å². The molecule has 0 radical (unpaired) electrons. The van der Waals surface area contributed by atoms with Crippen molar-refractivity contribution in [3.63, 3.8) is 0 Å². The first-order chi connectivity index (χ1) is 7.15. The second-order valence-electron chi connectivity index (χ2n) is 3.61. The summed E-state index contributed by atoms with van der Waals surface area (Å²) in [6, 6.07) is 6.03. The molecule has 0 aliphatic heterocycles. The van der Waals surface area contributed by atoms with Crippen LogP contribution in [0.2, 0.25) is 0 Å². The Labute approximate surface area is 87.7 Å². The minimum atomic E-state index is -0.0494. The van der Waals surface area contributed by atoms with E-state index in [0.717, 1.165) is 16.9 Å². The first kappa shape index (κ1) is 9.71. The Morgan fingerprint density at radius 3 is 3.07 bits per heavy atom. The van der Waals surface area contributed by atoms with Crippen LogP contribution in [0.5, 0.6) is 0 Å². The van der Waals surface area contributed by atoms with Crippen LogP contribution in [-0.4, -0.2) is 15.9 Å². The number of H-pyrrole nitrogens is 1. The number of benzene rings is 1. The molecule has 0 aliphatic rings. The summed E-state index contributed by atoms with van der Waals surface area (Å²) in [7, 11) is 0. The number of fused-ring (bicyclic) bond motifs is 1. The Kier molecular flexibility index (Phi) is 2.41. The first-order valence-electron chi connectivity index (χ1n) is 4.85. The molecule has 2 aromatic rings. The van der Waals surface area contributed by atoms with E-state index in [-0.39, 0.29) is 5.91 Å². The fraction of sp³-hybridized carbons (Fsp3) is 0.273. The second kappa shape index (κ2) is 3.73. The molecule has 1 heterocycles. The third-order valence-corrected chi connectivity index (χ3v) is 2.19. The molecule has 2 N–H and O–H groups in total.